The maximum Gasteiger partial charge on any atom is 0.271 e. The minimum atomic E-state index is -0.678. The molecule has 3 aromatic carbocycles. The van der Waals surface area contributed by atoms with E-state index in [1.165, 1.54) is 18.2 Å². The summed E-state index contributed by atoms with van der Waals surface area (Å²) in [6, 6.07) is 17.3. The molecule has 0 saturated heterocycles. The zero-order chi connectivity index (χ0) is 24.8. The number of nitrogens with one attached hydrogen (secondary N) is 1. The molecule has 0 aliphatic rings. The topological polar surface area (TPSA) is 105 Å². The van der Waals surface area contributed by atoms with E-state index in [0.717, 1.165) is 30.1 Å². The number of carbonyl (C=O) groups excluding carboxylic acids is 1. The molecule has 0 heterocycles. The number of amides is 1. The molecule has 0 aliphatic heterocycles. The Bertz CT molecular complexity index is 1330. The number of nitrogens with zero attached hydrogens (tertiary/aromatic N) is 2. The van der Waals surface area contributed by atoms with Crippen molar-refractivity contribution in [2.24, 2.45) is 0 Å². The minimum Gasteiger partial charge on any atom is -0.487 e. The van der Waals surface area contributed by atoms with Crippen molar-refractivity contribution in [2.45, 2.75) is 13.5 Å². The number of nitro groups is 1. The molecule has 0 atom stereocenters. The third-order valence-electron chi connectivity index (χ3n) is 4.57. The monoisotopic (exact) mass is 699 g/mol. The van der Waals surface area contributed by atoms with Crippen LogP contribution in [0.1, 0.15) is 16.7 Å². The van der Waals surface area contributed by atoms with Gasteiger partial charge in [0.25, 0.3) is 11.6 Å². The van der Waals surface area contributed by atoms with Crippen molar-refractivity contribution in [1.29, 1.82) is 5.26 Å². The van der Waals surface area contributed by atoms with E-state index in [9.17, 15) is 20.2 Å². The summed E-state index contributed by atoms with van der Waals surface area (Å²) in [5.74, 6) is 0.0449. The molecule has 0 aromatic heterocycles. The lowest BCUT2D eigenvalue weighted by Gasteiger charge is -2.12. The summed E-state index contributed by atoms with van der Waals surface area (Å²) in [6.45, 7) is 2.45. The highest BCUT2D eigenvalue weighted by Crippen LogP contribution is 2.31. The smallest absolute Gasteiger partial charge is 0.271 e. The molecule has 0 radical (unpaired) electrons. The summed E-state index contributed by atoms with van der Waals surface area (Å²) in [4.78, 5) is 22.9. The van der Waals surface area contributed by atoms with Gasteiger partial charge in [-0.1, -0.05) is 41.4 Å². The van der Waals surface area contributed by atoms with Gasteiger partial charge in [0.1, 0.15) is 24.0 Å². The van der Waals surface area contributed by atoms with Gasteiger partial charge in [0, 0.05) is 12.1 Å². The van der Waals surface area contributed by atoms with Gasteiger partial charge in [-0.05, 0) is 87.5 Å². The van der Waals surface area contributed by atoms with Gasteiger partial charge in [-0.2, -0.15) is 5.26 Å². The third-order valence-corrected chi connectivity index (χ3v) is 6.49. The molecule has 0 saturated carbocycles. The fraction of sp³-hybridized carbons (Fsp3) is 0.0833. The number of carbonyl (C=O) groups is 1. The Morgan fingerprint density at radius 1 is 1.21 bits per heavy atom. The number of ether oxygens (including phenoxy) is 1. The first-order valence-corrected chi connectivity index (χ1v) is 12.3. The van der Waals surface area contributed by atoms with Crippen LogP contribution in [-0.4, -0.2) is 10.8 Å². The molecule has 3 rings (SSSR count). The Morgan fingerprint density at radius 3 is 2.50 bits per heavy atom. The number of rotatable bonds is 7. The Balaban J connectivity index is 1.78. The molecular weight excluding hydrogens is 684 g/mol. The molecule has 0 fully saturated rings. The van der Waals surface area contributed by atoms with Crippen molar-refractivity contribution in [2.75, 3.05) is 5.32 Å². The van der Waals surface area contributed by atoms with E-state index >= 15 is 0 Å². The first kappa shape index (κ1) is 25.9. The van der Waals surface area contributed by atoms with Crippen LogP contribution < -0.4 is 10.1 Å². The average Bonchev–Trinajstić information content (AvgIpc) is 2.78. The van der Waals surface area contributed by atoms with E-state index in [1.54, 1.807) is 0 Å². The maximum absolute atomic E-state index is 12.6. The second-order valence-corrected chi connectivity index (χ2v) is 9.87. The lowest BCUT2D eigenvalue weighted by molar-refractivity contribution is -0.384. The second kappa shape index (κ2) is 11.6. The molecule has 0 unspecified atom stereocenters. The Labute approximate surface area is 228 Å². The lowest BCUT2D eigenvalue weighted by Crippen LogP contribution is -2.13. The molecular formula is C24H16ClI2N3O4. The number of nitro benzene ring substituents is 1. The van der Waals surface area contributed by atoms with Crippen molar-refractivity contribution < 1.29 is 14.5 Å². The largest absolute Gasteiger partial charge is 0.487 e. The number of hydrogen-bond acceptors (Lipinski definition) is 5. The quantitative estimate of drug-likeness (QED) is 0.0951. The Hall–Kier alpha value is -2.69. The summed E-state index contributed by atoms with van der Waals surface area (Å²) >= 11 is 10.3. The number of halogens is 3. The van der Waals surface area contributed by atoms with E-state index < -0.39 is 10.8 Å². The van der Waals surface area contributed by atoms with E-state index in [4.69, 9.17) is 16.3 Å². The molecule has 1 amide bonds. The van der Waals surface area contributed by atoms with Crippen molar-refractivity contribution >= 4 is 80.1 Å². The Morgan fingerprint density at radius 2 is 1.91 bits per heavy atom. The van der Waals surface area contributed by atoms with Crippen LogP contribution in [0.15, 0.2) is 60.2 Å². The zero-order valence-corrected chi connectivity index (χ0v) is 22.7. The van der Waals surface area contributed by atoms with E-state index in [1.807, 2.05) is 43.3 Å². The first-order valence-electron chi connectivity index (χ1n) is 9.72. The van der Waals surface area contributed by atoms with Crippen LogP contribution in [0.3, 0.4) is 0 Å². The zero-order valence-electron chi connectivity index (χ0n) is 17.6. The van der Waals surface area contributed by atoms with Gasteiger partial charge in [-0.15, -0.1) is 0 Å². The van der Waals surface area contributed by atoms with Gasteiger partial charge in [-0.3, -0.25) is 14.9 Å². The highest BCUT2D eigenvalue weighted by Gasteiger charge is 2.16. The third kappa shape index (κ3) is 6.68. The standard InChI is InChI=1S/C24H16ClI2N3O4/c1-14-3-2-4-15(7-14)13-34-23-20(26)9-16(10-21(23)27)8-17(12-28)24(31)29-22-6-5-18(30(32)33)11-19(22)25/h2-11H,13H2,1H3,(H,29,31)/b17-8+. The van der Waals surface area contributed by atoms with Crippen LogP contribution >= 0.6 is 56.8 Å². The summed E-state index contributed by atoms with van der Waals surface area (Å²) in [7, 11) is 0. The normalized spacial score (nSPS) is 11.0. The Kier molecular flexibility index (Phi) is 8.87. The van der Waals surface area contributed by atoms with Gasteiger partial charge in [-0.25, -0.2) is 0 Å². The van der Waals surface area contributed by atoms with Crippen LogP contribution in [0, 0.1) is 35.5 Å². The van der Waals surface area contributed by atoms with Gasteiger partial charge in [0.05, 0.1) is 22.8 Å². The number of nitriles is 1. The van der Waals surface area contributed by atoms with E-state index in [0.29, 0.717) is 12.2 Å². The molecule has 0 bridgehead atoms. The molecule has 34 heavy (non-hydrogen) atoms. The number of non-ortho nitro benzene ring substituents is 1. The predicted octanol–water partition coefficient (Wildman–Crippen LogP) is 6.89. The van der Waals surface area contributed by atoms with Gasteiger partial charge < -0.3 is 10.1 Å². The van der Waals surface area contributed by atoms with Gasteiger partial charge in [0.15, 0.2) is 0 Å². The average molecular weight is 700 g/mol. The van der Waals surface area contributed by atoms with Crippen molar-refractivity contribution in [3.05, 3.63) is 99.1 Å². The van der Waals surface area contributed by atoms with Crippen LogP contribution in [0.25, 0.3) is 6.08 Å². The lowest BCUT2D eigenvalue weighted by atomic mass is 10.1. The first-order chi connectivity index (χ1) is 16.2. The van der Waals surface area contributed by atoms with Crippen molar-refractivity contribution in [1.82, 2.24) is 0 Å². The number of anilines is 1. The van der Waals surface area contributed by atoms with Crippen LogP contribution in [-0.2, 0) is 11.4 Å². The molecule has 10 heteroatoms. The van der Waals surface area contributed by atoms with Crippen LogP contribution in [0.2, 0.25) is 5.02 Å². The molecule has 0 spiro atoms. The van der Waals surface area contributed by atoms with Crippen LogP contribution in [0.5, 0.6) is 5.75 Å². The fourth-order valence-corrected chi connectivity index (χ4v) is 5.33. The molecule has 3 aromatic rings. The predicted molar refractivity (Wildman–Crippen MR) is 148 cm³/mol. The summed E-state index contributed by atoms with van der Waals surface area (Å²) in [5, 5.41) is 22.9. The fourth-order valence-electron chi connectivity index (χ4n) is 2.98. The molecule has 7 nitrogen and oxygen atoms in total. The number of hydrogen-bond donors (Lipinski definition) is 1. The van der Waals surface area contributed by atoms with Crippen molar-refractivity contribution in [3.8, 4) is 11.8 Å². The van der Waals surface area contributed by atoms with E-state index in [-0.39, 0.29) is 22.0 Å². The molecule has 1 N–H and O–H groups in total. The van der Waals surface area contributed by atoms with Gasteiger partial charge >= 0.3 is 0 Å². The van der Waals surface area contributed by atoms with Crippen LogP contribution in [0.4, 0.5) is 11.4 Å². The summed E-state index contributed by atoms with van der Waals surface area (Å²) < 4.78 is 7.68. The second-order valence-electron chi connectivity index (χ2n) is 7.14. The van der Waals surface area contributed by atoms with Crippen molar-refractivity contribution in [3.63, 3.8) is 0 Å². The molecule has 172 valence electrons. The molecule has 0 aliphatic carbocycles. The summed E-state index contributed by atoms with van der Waals surface area (Å²) in [6.07, 6.45) is 1.46. The SMILES string of the molecule is Cc1cccc(COc2c(I)cc(/C=C(\C#N)C(=O)Nc3ccc([N+](=O)[O-])cc3Cl)cc2I)c1. The number of aryl methyl sites for hydroxylation is 1. The highest BCUT2D eigenvalue weighted by atomic mass is 127. The highest BCUT2D eigenvalue weighted by molar-refractivity contribution is 14.1. The van der Waals surface area contributed by atoms with Gasteiger partial charge in [0.2, 0.25) is 0 Å². The maximum atomic E-state index is 12.6. The summed E-state index contributed by atoms with van der Waals surface area (Å²) in [5.41, 5.74) is 2.69. The van der Waals surface area contributed by atoms with E-state index in [2.05, 4.69) is 56.6 Å². The minimum absolute atomic E-state index is 0.000881. The number of benzene rings is 3.